The summed E-state index contributed by atoms with van der Waals surface area (Å²) in [5.41, 5.74) is 10.1. The van der Waals surface area contributed by atoms with Crippen molar-refractivity contribution in [3.05, 3.63) is 155 Å². The Morgan fingerprint density at radius 2 is 1.50 bits per heavy atom. The third kappa shape index (κ3) is 2.88. The van der Waals surface area contributed by atoms with Gasteiger partial charge < -0.3 is 0 Å². The molecule has 0 heterocycles. The first-order chi connectivity index (χ1) is 17.8. The molecule has 0 aromatic heterocycles. The van der Waals surface area contributed by atoms with Crippen molar-refractivity contribution in [2.45, 2.75) is 6.42 Å². The van der Waals surface area contributed by atoms with E-state index in [0.29, 0.717) is 17.8 Å². The molecule has 0 saturated heterocycles. The molecule has 8 rings (SSSR count). The molecule has 0 aliphatic heterocycles. The second-order valence-electron chi connectivity index (χ2n) is 10.5. The highest BCUT2D eigenvalue weighted by atomic mass is 14.5. The summed E-state index contributed by atoms with van der Waals surface area (Å²) in [5.74, 6) is 1.31. The Morgan fingerprint density at radius 3 is 2.44 bits per heavy atom. The average Bonchev–Trinajstić information content (AvgIpc) is 2.95. The Kier molecular flexibility index (Phi) is 4.28. The first-order valence-electron chi connectivity index (χ1n) is 13.0. The van der Waals surface area contributed by atoms with Crippen LogP contribution in [0.25, 0.3) is 32.7 Å². The Morgan fingerprint density at radius 1 is 0.667 bits per heavy atom. The summed E-state index contributed by atoms with van der Waals surface area (Å²) >= 11 is 0. The normalized spacial score (nSPS) is 23.9. The number of fused-ring (bicyclic) bond motifs is 2. The van der Waals surface area contributed by atoms with Gasteiger partial charge in [-0.2, -0.15) is 0 Å². The van der Waals surface area contributed by atoms with Gasteiger partial charge in [-0.25, -0.2) is 0 Å². The predicted molar refractivity (Wildman–Crippen MR) is 152 cm³/mol. The summed E-state index contributed by atoms with van der Waals surface area (Å²) in [7, 11) is 0. The van der Waals surface area contributed by atoms with E-state index in [1.54, 1.807) is 5.57 Å². The SMILES string of the molecule is C1=CC(c2ccc3ccccc3c2)=C2C=CC3C(c4cccc5ccccc45)=CC=C4CC=C1C2C43. The van der Waals surface area contributed by atoms with Gasteiger partial charge in [0.1, 0.15) is 0 Å². The highest BCUT2D eigenvalue weighted by molar-refractivity contribution is 5.96. The maximum Gasteiger partial charge on any atom is 0.0167 e. The summed E-state index contributed by atoms with van der Waals surface area (Å²) in [6, 6.07) is 31.1. The molecule has 4 aliphatic carbocycles. The molecule has 0 nitrogen and oxygen atoms in total. The van der Waals surface area contributed by atoms with Crippen molar-refractivity contribution >= 4 is 32.7 Å². The second-order valence-corrected chi connectivity index (χ2v) is 10.5. The summed E-state index contributed by atoms with van der Waals surface area (Å²) in [6.45, 7) is 0. The molecule has 3 unspecified atom stereocenters. The number of allylic oxidation sites excluding steroid dienone is 12. The maximum absolute atomic E-state index is 2.50. The number of hydrogen-bond acceptors (Lipinski definition) is 0. The van der Waals surface area contributed by atoms with E-state index in [1.165, 1.54) is 55.0 Å². The van der Waals surface area contributed by atoms with Gasteiger partial charge in [-0.05, 0) is 67.5 Å². The zero-order valence-corrected chi connectivity index (χ0v) is 20.1. The number of hydrogen-bond donors (Lipinski definition) is 0. The standard InChI is InChI=1S/C36H26/c1-2-8-27-22-28(15-12-23(27)6-1)30-18-16-25-13-14-26-17-19-32(34-21-20-33(30)35(25)36(26)34)31-11-5-9-24-7-3-4-10-29(24)31/h1-13,15-22,34-36H,14H2. The summed E-state index contributed by atoms with van der Waals surface area (Å²) in [5, 5.41) is 5.27. The zero-order chi connectivity index (χ0) is 23.6. The van der Waals surface area contributed by atoms with Crippen LogP contribution in [0.2, 0.25) is 0 Å². The van der Waals surface area contributed by atoms with Gasteiger partial charge in [0.25, 0.3) is 0 Å². The van der Waals surface area contributed by atoms with Crippen LogP contribution in [0.15, 0.2) is 144 Å². The van der Waals surface area contributed by atoms with Gasteiger partial charge in [-0.1, -0.05) is 127 Å². The number of rotatable bonds is 2. The highest BCUT2D eigenvalue weighted by Crippen LogP contribution is 2.55. The zero-order valence-electron chi connectivity index (χ0n) is 20.1. The first kappa shape index (κ1) is 20.1. The summed E-state index contributed by atoms with van der Waals surface area (Å²) in [4.78, 5) is 0. The van der Waals surface area contributed by atoms with Crippen LogP contribution in [0.5, 0.6) is 0 Å². The maximum atomic E-state index is 2.50. The van der Waals surface area contributed by atoms with Crippen molar-refractivity contribution in [3.8, 4) is 0 Å². The van der Waals surface area contributed by atoms with Gasteiger partial charge in [-0.15, -0.1) is 0 Å². The molecule has 0 N–H and O–H groups in total. The minimum Gasteiger partial charge on any atom is -0.0766 e. The van der Waals surface area contributed by atoms with Gasteiger partial charge in [0.05, 0.1) is 0 Å². The van der Waals surface area contributed by atoms with Crippen LogP contribution >= 0.6 is 0 Å². The van der Waals surface area contributed by atoms with Crippen LogP contribution in [0.1, 0.15) is 17.5 Å². The Balaban J connectivity index is 1.30. The minimum atomic E-state index is 0.401. The van der Waals surface area contributed by atoms with Crippen LogP contribution in [0, 0.1) is 17.8 Å². The molecular weight excluding hydrogens is 432 g/mol. The fourth-order valence-electron chi connectivity index (χ4n) is 7.02. The smallest absolute Gasteiger partial charge is 0.0167 e. The van der Waals surface area contributed by atoms with E-state index in [-0.39, 0.29) is 0 Å². The van der Waals surface area contributed by atoms with Gasteiger partial charge in [-0.3, -0.25) is 0 Å². The molecule has 0 fully saturated rings. The quantitative estimate of drug-likeness (QED) is 0.281. The molecule has 0 saturated carbocycles. The molecule has 4 aliphatic rings. The van der Waals surface area contributed by atoms with Crippen molar-refractivity contribution in [1.29, 1.82) is 0 Å². The van der Waals surface area contributed by atoms with Gasteiger partial charge in [0.15, 0.2) is 0 Å². The van der Waals surface area contributed by atoms with Gasteiger partial charge in [0, 0.05) is 17.8 Å². The molecular formula is C36H26. The van der Waals surface area contributed by atoms with E-state index in [9.17, 15) is 0 Å². The molecule has 0 heteroatoms. The Bertz CT molecular complexity index is 1760. The van der Waals surface area contributed by atoms with Crippen LogP contribution in [0.4, 0.5) is 0 Å². The largest absolute Gasteiger partial charge is 0.0766 e. The van der Waals surface area contributed by atoms with E-state index >= 15 is 0 Å². The lowest BCUT2D eigenvalue weighted by molar-refractivity contribution is 0.407. The van der Waals surface area contributed by atoms with Crippen molar-refractivity contribution in [3.63, 3.8) is 0 Å². The Labute approximate surface area is 212 Å². The van der Waals surface area contributed by atoms with Gasteiger partial charge >= 0.3 is 0 Å². The van der Waals surface area contributed by atoms with Crippen LogP contribution in [0.3, 0.4) is 0 Å². The second kappa shape index (κ2) is 7.67. The van der Waals surface area contributed by atoms with Crippen molar-refractivity contribution < 1.29 is 0 Å². The lowest BCUT2D eigenvalue weighted by Crippen LogP contribution is -2.35. The molecule has 4 aromatic carbocycles. The average molecular weight is 459 g/mol. The van der Waals surface area contributed by atoms with E-state index < -0.39 is 0 Å². The summed E-state index contributed by atoms with van der Waals surface area (Å²) < 4.78 is 0. The summed E-state index contributed by atoms with van der Waals surface area (Å²) in [6.07, 6.45) is 18.0. The van der Waals surface area contributed by atoms with Crippen molar-refractivity contribution in [2.24, 2.45) is 17.8 Å². The molecule has 170 valence electrons. The van der Waals surface area contributed by atoms with E-state index in [4.69, 9.17) is 0 Å². The Hall–Kier alpha value is -4.16. The molecule has 0 spiro atoms. The van der Waals surface area contributed by atoms with Crippen LogP contribution in [-0.2, 0) is 0 Å². The fraction of sp³-hybridized carbons (Fsp3) is 0.111. The monoisotopic (exact) mass is 458 g/mol. The van der Waals surface area contributed by atoms with Crippen LogP contribution < -0.4 is 0 Å². The predicted octanol–water partition coefficient (Wildman–Crippen LogP) is 9.09. The molecule has 36 heavy (non-hydrogen) atoms. The van der Waals surface area contributed by atoms with E-state index in [0.717, 1.165) is 6.42 Å². The molecule has 0 amide bonds. The fourth-order valence-corrected chi connectivity index (χ4v) is 7.02. The third-order valence-electron chi connectivity index (χ3n) is 8.68. The van der Waals surface area contributed by atoms with Crippen LogP contribution in [-0.4, -0.2) is 0 Å². The number of benzene rings is 4. The van der Waals surface area contributed by atoms with Gasteiger partial charge in [0.2, 0.25) is 0 Å². The van der Waals surface area contributed by atoms with Crippen molar-refractivity contribution in [2.75, 3.05) is 0 Å². The third-order valence-corrected chi connectivity index (χ3v) is 8.68. The molecule has 0 bridgehead atoms. The molecule has 0 radical (unpaired) electrons. The molecule has 3 atom stereocenters. The lowest BCUT2D eigenvalue weighted by Gasteiger charge is -2.46. The van der Waals surface area contributed by atoms with E-state index in [1.807, 2.05) is 0 Å². The lowest BCUT2D eigenvalue weighted by atomic mass is 9.58. The molecule has 4 aromatic rings. The first-order valence-corrected chi connectivity index (χ1v) is 13.0. The van der Waals surface area contributed by atoms with Crippen molar-refractivity contribution in [1.82, 2.24) is 0 Å². The minimum absolute atomic E-state index is 0.401. The topological polar surface area (TPSA) is 0 Å². The highest BCUT2D eigenvalue weighted by Gasteiger charge is 2.43. The van der Waals surface area contributed by atoms with E-state index in [2.05, 4.69) is 127 Å².